The lowest BCUT2D eigenvalue weighted by molar-refractivity contribution is -0.150. The quantitative estimate of drug-likeness (QED) is 0.551. The summed E-state index contributed by atoms with van der Waals surface area (Å²) in [6.07, 6.45) is -0.780. The van der Waals surface area contributed by atoms with Gasteiger partial charge in [-0.05, 0) is 57.2 Å². The van der Waals surface area contributed by atoms with Gasteiger partial charge in [0.15, 0.2) is 6.10 Å². The molecule has 0 fully saturated rings. The van der Waals surface area contributed by atoms with Crippen LogP contribution in [0, 0.1) is 6.92 Å². The van der Waals surface area contributed by atoms with Crippen molar-refractivity contribution >= 4 is 16.9 Å². The Labute approximate surface area is 167 Å². The highest BCUT2D eigenvalue weighted by Crippen LogP contribution is 2.28. The first kappa shape index (κ1) is 20.3. The van der Waals surface area contributed by atoms with Crippen molar-refractivity contribution in [3.8, 4) is 23.0 Å². The predicted molar refractivity (Wildman–Crippen MR) is 107 cm³/mol. The van der Waals surface area contributed by atoms with Gasteiger partial charge in [0.25, 0.3) is 0 Å². The molecule has 2 aromatic carbocycles. The van der Waals surface area contributed by atoms with Gasteiger partial charge >= 0.3 is 5.97 Å². The number of hydrogen-bond acceptors (Lipinski definition) is 7. The number of hydrogen-bond donors (Lipinski definition) is 0. The second-order valence-electron chi connectivity index (χ2n) is 6.26. The van der Waals surface area contributed by atoms with E-state index in [9.17, 15) is 9.59 Å². The number of fused-ring (bicyclic) bond motifs is 1. The van der Waals surface area contributed by atoms with Crippen molar-refractivity contribution in [1.82, 2.24) is 0 Å². The number of carbonyl (C=O) groups excluding carboxylic acids is 1. The van der Waals surface area contributed by atoms with Crippen LogP contribution in [0.15, 0.2) is 51.7 Å². The normalized spacial score (nSPS) is 11.7. The molecule has 3 aromatic rings. The number of esters is 1. The fraction of sp³-hybridized carbons (Fsp3) is 0.273. The van der Waals surface area contributed by atoms with Gasteiger partial charge < -0.3 is 23.4 Å². The third-order valence-corrected chi connectivity index (χ3v) is 4.20. The Bertz CT molecular complexity index is 1070. The number of methoxy groups -OCH3 is 1. The molecule has 0 unspecified atom stereocenters. The van der Waals surface area contributed by atoms with Crippen LogP contribution in [-0.4, -0.2) is 25.8 Å². The van der Waals surface area contributed by atoms with E-state index in [-0.39, 0.29) is 17.8 Å². The zero-order chi connectivity index (χ0) is 21.0. The molecule has 7 heteroatoms. The van der Waals surface area contributed by atoms with Crippen molar-refractivity contribution in [1.29, 1.82) is 0 Å². The molecule has 0 aliphatic rings. The number of aryl methyl sites for hydroxylation is 1. The van der Waals surface area contributed by atoms with E-state index in [1.54, 1.807) is 70.3 Å². The second kappa shape index (κ2) is 8.68. The van der Waals surface area contributed by atoms with Gasteiger partial charge in [-0.3, -0.25) is 4.79 Å². The average molecular weight is 398 g/mol. The summed E-state index contributed by atoms with van der Waals surface area (Å²) in [5, 5.41) is 0.343. The van der Waals surface area contributed by atoms with E-state index in [1.165, 1.54) is 0 Å². The maximum absolute atomic E-state index is 12.9. The number of benzene rings is 2. The van der Waals surface area contributed by atoms with Crippen molar-refractivity contribution in [2.75, 3.05) is 13.7 Å². The minimum atomic E-state index is -0.780. The summed E-state index contributed by atoms with van der Waals surface area (Å²) in [6.45, 7) is 5.24. The summed E-state index contributed by atoms with van der Waals surface area (Å²) >= 11 is 0. The SMILES string of the molecule is CCOC(=O)[C@@H](C)Oc1ccc2c(=O)c(Oc3ccc(OC)cc3)c(C)oc2c1. The lowest BCUT2D eigenvalue weighted by Crippen LogP contribution is -2.26. The molecule has 0 saturated carbocycles. The topological polar surface area (TPSA) is 84.2 Å². The molecule has 1 aromatic heterocycles. The van der Waals surface area contributed by atoms with Gasteiger partial charge in [-0.15, -0.1) is 0 Å². The van der Waals surface area contributed by atoms with Gasteiger partial charge in [0.05, 0.1) is 19.1 Å². The van der Waals surface area contributed by atoms with Crippen LogP contribution < -0.4 is 19.6 Å². The summed E-state index contributed by atoms with van der Waals surface area (Å²) in [6, 6.07) is 11.6. The fourth-order valence-electron chi connectivity index (χ4n) is 2.73. The molecule has 0 aliphatic carbocycles. The molecule has 0 radical (unpaired) electrons. The smallest absolute Gasteiger partial charge is 0.347 e. The molecule has 0 bridgehead atoms. The van der Waals surface area contributed by atoms with Crippen molar-refractivity contribution in [2.45, 2.75) is 26.9 Å². The monoisotopic (exact) mass is 398 g/mol. The Balaban J connectivity index is 1.89. The molecule has 1 heterocycles. The van der Waals surface area contributed by atoms with Gasteiger partial charge in [-0.25, -0.2) is 4.79 Å². The maximum Gasteiger partial charge on any atom is 0.347 e. The van der Waals surface area contributed by atoms with Gasteiger partial charge in [-0.2, -0.15) is 0 Å². The maximum atomic E-state index is 12.9. The molecular weight excluding hydrogens is 376 g/mol. The molecule has 0 amide bonds. The van der Waals surface area contributed by atoms with Crippen LogP contribution in [0.3, 0.4) is 0 Å². The van der Waals surface area contributed by atoms with Crippen LogP contribution in [0.5, 0.6) is 23.0 Å². The van der Waals surface area contributed by atoms with Crippen LogP contribution in [0.25, 0.3) is 11.0 Å². The minimum Gasteiger partial charge on any atom is -0.497 e. The van der Waals surface area contributed by atoms with Crippen LogP contribution in [0.2, 0.25) is 0 Å². The van der Waals surface area contributed by atoms with E-state index in [0.717, 1.165) is 0 Å². The Kier molecular flexibility index (Phi) is 6.07. The van der Waals surface area contributed by atoms with Gasteiger partial charge in [-0.1, -0.05) is 0 Å². The summed E-state index contributed by atoms with van der Waals surface area (Å²) in [4.78, 5) is 24.6. The summed E-state index contributed by atoms with van der Waals surface area (Å²) in [5.74, 6) is 1.54. The Hall–Kier alpha value is -3.48. The van der Waals surface area contributed by atoms with Gasteiger partial charge in [0.1, 0.15) is 28.6 Å². The molecule has 0 spiro atoms. The lowest BCUT2D eigenvalue weighted by atomic mass is 10.2. The standard InChI is InChI=1S/C22H22O7/c1-5-26-22(24)14(3)27-17-10-11-18-19(12-17)28-13(2)21(20(18)23)29-16-8-6-15(25-4)7-9-16/h6-12,14H,5H2,1-4H3/t14-/m1/s1. The summed E-state index contributed by atoms with van der Waals surface area (Å²) in [5.41, 5.74) is 0.0349. The summed E-state index contributed by atoms with van der Waals surface area (Å²) < 4.78 is 27.1. The van der Waals surface area contributed by atoms with Crippen molar-refractivity contribution in [3.05, 3.63) is 58.4 Å². The zero-order valence-electron chi connectivity index (χ0n) is 16.7. The summed E-state index contributed by atoms with van der Waals surface area (Å²) in [7, 11) is 1.57. The Morgan fingerprint density at radius 2 is 1.72 bits per heavy atom. The fourth-order valence-corrected chi connectivity index (χ4v) is 2.73. The van der Waals surface area contributed by atoms with E-state index in [4.69, 9.17) is 23.4 Å². The molecule has 1 atom stereocenters. The molecule has 3 rings (SSSR count). The lowest BCUT2D eigenvalue weighted by Gasteiger charge is -2.14. The van der Waals surface area contributed by atoms with E-state index in [2.05, 4.69) is 0 Å². The van der Waals surface area contributed by atoms with Gasteiger partial charge in [0.2, 0.25) is 11.2 Å². The van der Waals surface area contributed by atoms with E-state index in [0.29, 0.717) is 34.0 Å². The second-order valence-corrected chi connectivity index (χ2v) is 6.26. The minimum absolute atomic E-state index is 0.108. The van der Waals surface area contributed by atoms with Crippen LogP contribution >= 0.6 is 0 Å². The molecular formula is C22H22O7. The van der Waals surface area contributed by atoms with Crippen molar-refractivity contribution in [3.63, 3.8) is 0 Å². The third kappa shape index (κ3) is 4.51. The Morgan fingerprint density at radius 1 is 1.07 bits per heavy atom. The highest BCUT2D eigenvalue weighted by molar-refractivity contribution is 5.80. The number of ether oxygens (including phenoxy) is 4. The van der Waals surface area contributed by atoms with E-state index >= 15 is 0 Å². The predicted octanol–water partition coefficient (Wildman–Crippen LogP) is 4.23. The molecule has 0 N–H and O–H groups in total. The number of carbonyl (C=O) groups is 1. The molecule has 0 aliphatic heterocycles. The molecule has 7 nitrogen and oxygen atoms in total. The molecule has 0 saturated heterocycles. The average Bonchev–Trinajstić information content (AvgIpc) is 2.71. The third-order valence-electron chi connectivity index (χ3n) is 4.20. The first-order valence-corrected chi connectivity index (χ1v) is 9.15. The first-order valence-electron chi connectivity index (χ1n) is 9.15. The number of rotatable bonds is 7. The van der Waals surface area contributed by atoms with Gasteiger partial charge in [0, 0.05) is 6.07 Å². The van der Waals surface area contributed by atoms with E-state index < -0.39 is 12.1 Å². The van der Waals surface area contributed by atoms with Crippen LogP contribution in [0.1, 0.15) is 19.6 Å². The molecule has 152 valence electrons. The van der Waals surface area contributed by atoms with E-state index in [1.807, 2.05) is 0 Å². The van der Waals surface area contributed by atoms with Crippen molar-refractivity contribution in [2.24, 2.45) is 0 Å². The highest BCUT2D eigenvalue weighted by Gasteiger charge is 2.18. The largest absolute Gasteiger partial charge is 0.497 e. The first-order chi connectivity index (χ1) is 13.9. The zero-order valence-corrected chi connectivity index (χ0v) is 16.7. The highest BCUT2D eigenvalue weighted by atomic mass is 16.6. The van der Waals surface area contributed by atoms with Crippen LogP contribution in [-0.2, 0) is 9.53 Å². The Morgan fingerprint density at radius 3 is 2.38 bits per heavy atom. The molecule has 29 heavy (non-hydrogen) atoms. The van der Waals surface area contributed by atoms with Crippen molar-refractivity contribution < 1.29 is 28.2 Å². The van der Waals surface area contributed by atoms with Crippen LogP contribution in [0.4, 0.5) is 0 Å².